The topological polar surface area (TPSA) is 64.8 Å². The summed E-state index contributed by atoms with van der Waals surface area (Å²) in [5.41, 5.74) is 2.10. The van der Waals surface area contributed by atoms with Crippen molar-refractivity contribution in [1.29, 1.82) is 0 Å². The highest BCUT2D eigenvalue weighted by Crippen LogP contribution is 2.13. The third-order valence-corrected chi connectivity index (χ3v) is 3.41. The highest BCUT2D eigenvalue weighted by Gasteiger charge is 2.12. The zero-order chi connectivity index (χ0) is 13.2. The molecule has 96 valence electrons. The predicted molar refractivity (Wildman–Crippen MR) is 69.3 cm³/mol. The lowest BCUT2D eigenvalue weighted by Gasteiger charge is -2.06. The van der Waals surface area contributed by atoms with Crippen LogP contribution in [0.2, 0.25) is 0 Å². The lowest BCUT2D eigenvalue weighted by molar-refractivity contribution is 0.599. The first kappa shape index (κ1) is 12.8. The van der Waals surface area contributed by atoms with Crippen molar-refractivity contribution in [3.8, 4) is 5.69 Å². The summed E-state index contributed by atoms with van der Waals surface area (Å²) < 4.78 is 24.3. The standard InChI is InChI=1S/C12H15N3O2S/c1-3-10-4-6-11(7-5-10)15-9-13-14-12(15)8-18(2,16)17/h4-7,9H,3,8H2,1-2H3. The van der Waals surface area contributed by atoms with Gasteiger partial charge >= 0.3 is 0 Å². The summed E-state index contributed by atoms with van der Waals surface area (Å²) in [7, 11) is -3.11. The quantitative estimate of drug-likeness (QED) is 0.837. The number of rotatable bonds is 4. The van der Waals surface area contributed by atoms with E-state index in [4.69, 9.17) is 0 Å². The molecule has 0 unspecified atom stereocenters. The van der Waals surface area contributed by atoms with Gasteiger partial charge in [-0.15, -0.1) is 10.2 Å². The molecule has 0 radical (unpaired) electrons. The van der Waals surface area contributed by atoms with Crippen molar-refractivity contribution in [3.63, 3.8) is 0 Å². The van der Waals surface area contributed by atoms with Crippen molar-refractivity contribution < 1.29 is 8.42 Å². The summed E-state index contributed by atoms with van der Waals surface area (Å²) in [4.78, 5) is 0. The van der Waals surface area contributed by atoms with Gasteiger partial charge in [-0.3, -0.25) is 4.57 Å². The second kappa shape index (κ2) is 4.89. The first-order valence-corrected chi connectivity index (χ1v) is 7.71. The highest BCUT2D eigenvalue weighted by molar-refractivity contribution is 7.89. The van der Waals surface area contributed by atoms with E-state index in [0.29, 0.717) is 5.82 Å². The molecule has 0 aliphatic rings. The Hall–Kier alpha value is -1.69. The average Bonchev–Trinajstić information content (AvgIpc) is 2.75. The minimum absolute atomic E-state index is 0.109. The fourth-order valence-corrected chi connectivity index (χ4v) is 2.37. The Bertz CT molecular complexity index is 630. The number of sulfone groups is 1. The van der Waals surface area contributed by atoms with E-state index in [-0.39, 0.29) is 5.75 Å². The van der Waals surface area contributed by atoms with E-state index in [1.54, 1.807) is 4.57 Å². The Labute approximate surface area is 106 Å². The Balaban J connectivity index is 2.36. The Morgan fingerprint density at radius 1 is 1.22 bits per heavy atom. The summed E-state index contributed by atoms with van der Waals surface area (Å²) in [6, 6.07) is 7.90. The van der Waals surface area contributed by atoms with E-state index < -0.39 is 9.84 Å². The number of aromatic nitrogens is 3. The zero-order valence-corrected chi connectivity index (χ0v) is 11.2. The third kappa shape index (κ3) is 2.95. The van der Waals surface area contributed by atoms with Crippen LogP contribution in [0.1, 0.15) is 18.3 Å². The molecule has 0 spiro atoms. The van der Waals surface area contributed by atoms with E-state index in [0.717, 1.165) is 12.1 Å². The largest absolute Gasteiger partial charge is 0.285 e. The van der Waals surface area contributed by atoms with E-state index in [9.17, 15) is 8.42 Å². The van der Waals surface area contributed by atoms with Crippen LogP contribution in [0.15, 0.2) is 30.6 Å². The van der Waals surface area contributed by atoms with Crippen molar-refractivity contribution in [3.05, 3.63) is 42.0 Å². The summed E-state index contributed by atoms with van der Waals surface area (Å²) in [5.74, 6) is 0.324. The van der Waals surface area contributed by atoms with Gasteiger partial charge in [0.1, 0.15) is 12.1 Å². The van der Waals surface area contributed by atoms with Crippen LogP contribution in [0.4, 0.5) is 0 Å². The molecule has 0 amide bonds. The second-order valence-corrected chi connectivity index (χ2v) is 6.35. The molecule has 0 atom stereocenters. The van der Waals surface area contributed by atoms with Gasteiger partial charge in [0, 0.05) is 11.9 Å². The summed E-state index contributed by atoms with van der Waals surface area (Å²) in [5, 5.41) is 7.63. The molecule has 0 saturated heterocycles. The minimum Gasteiger partial charge on any atom is -0.285 e. The van der Waals surface area contributed by atoms with Crippen LogP contribution < -0.4 is 0 Å². The van der Waals surface area contributed by atoms with Crippen molar-refractivity contribution in [1.82, 2.24) is 14.8 Å². The molecular formula is C12H15N3O2S. The van der Waals surface area contributed by atoms with Crippen LogP contribution in [0.5, 0.6) is 0 Å². The molecule has 0 aliphatic heterocycles. The number of aryl methyl sites for hydroxylation is 1. The second-order valence-electron chi connectivity index (χ2n) is 4.21. The molecule has 2 aromatic rings. The lowest BCUT2D eigenvalue weighted by Crippen LogP contribution is -2.07. The normalized spacial score (nSPS) is 11.7. The number of nitrogens with zero attached hydrogens (tertiary/aromatic N) is 3. The molecule has 18 heavy (non-hydrogen) atoms. The summed E-state index contributed by atoms with van der Waals surface area (Å²) in [6.07, 6.45) is 3.69. The number of hydrogen-bond acceptors (Lipinski definition) is 4. The van der Waals surface area contributed by atoms with Crippen LogP contribution in [0.3, 0.4) is 0 Å². The molecule has 0 fully saturated rings. The maximum absolute atomic E-state index is 11.3. The summed E-state index contributed by atoms with van der Waals surface area (Å²) in [6.45, 7) is 2.09. The first-order valence-electron chi connectivity index (χ1n) is 5.65. The molecule has 1 aromatic heterocycles. The van der Waals surface area contributed by atoms with E-state index >= 15 is 0 Å². The Morgan fingerprint density at radius 3 is 2.44 bits per heavy atom. The molecule has 6 heteroatoms. The average molecular weight is 265 g/mol. The van der Waals surface area contributed by atoms with Gasteiger partial charge in [-0.05, 0) is 24.1 Å². The van der Waals surface area contributed by atoms with E-state index in [1.165, 1.54) is 18.1 Å². The monoisotopic (exact) mass is 265 g/mol. The van der Waals surface area contributed by atoms with Crippen LogP contribution in [0, 0.1) is 0 Å². The third-order valence-electron chi connectivity index (χ3n) is 2.63. The van der Waals surface area contributed by atoms with Gasteiger partial charge in [0.15, 0.2) is 15.7 Å². The van der Waals surface area contributed by atoms with Crippen LogP contribution >= 0.6 is 0 Å². The van der Waals surface area contributed by atoms with Gasteiger partial charge in [0.05, 0.1) is 0 Å². The first-order chi connectivity index (χ1) is 8.49. The van der Waals surface area contributed by atoms with Gasteiger partial charge in [0.25, 0.3) is 0 Å². The molecule has 1 aromatic carbocycles. The molecule has 0 aliphatic carbocycles. The fraction of sp³-hybridized carbons (Fsp3) is 0.333. The number of hydrogen-bond donors (Lipinski definition) is 0. The molecular weight excluding hydrogens is 250 g/mol. The predicted octanol–water partition coefficient (Wildman–Crippen LogP) is 1.37. The molecule has 0 bridgehead atoms. The van der Waals surface area contributed by atoms with Gasteiger partial charge in [-0.2, -0.15) is 0 Å². The van der Waals surface area contributed by atoms with Crippen molar-refractivity contribution >= 4 is 9.84 Å². The van der Waals surface area contributed by atoms with Crippen molar-refractivity contribution in [2.45, 2.75) is 19.1 Å². The van der Waals surface area contributed by atoms with Gasteiger partial charge in [0.2, 0.25) is 0 Å². The van der Waals surface area contributed by atoms with Crippen LogP contribution in [0.25, 0.3) is 5.69 Å². The Kier molecular flexibility index (Phi) is 3.47. The zero-order valence-electron chi connectivity index (χ0n) is 10.4. The molecule has 2 rings (SSSR count). The van der Waals surface area contributed by atoms with E-state index in [1.807, 2.05) is 24.3 Å². The minimum atomic E-state index is -3.11. The number of benzene rings is 1. The molecule has 5 nitrogen and oxygen atoms in total. The molecule has 1 heterocycles. The smallest absolute Gasteiger partial charge is 0.154 e. The maximum atomic E-state index is 11.3. The molecule has 0 saturated carbocycles. The van der Waals surface area contributed by atoms with Gasteiger partial charge in [-0.25, -0.2) is 8.42 Å². The van der Waals surface area contributed by atoms with Crippen LogP contribution in [-0.4, -0.2) is 29.4 Å². The van der Waals surface area contributed by atoms with Gasteiger partial charge < -0.3 is 0 Å². The fourth-order valence-electron chi connectivity index (χ4n) is 1.70. The molecule has 0 N–H and O–H groups in total. The Morgan fingerprint density at radius 2 is 1.89 bits per heavy atom. The lowest BCUT2D eigenvalue weighted by atomic mass is 10.1. The van der Waals surface area contributed by atoms with Crippen molar-refractivity contribution in [2.24, 2.45) is 0 Å². The highest BCUT2D eigenvalue weighted by atomic mass is 32.2. The van der Waals surface area contributed by atoms with Crippen molar-refractivity contribution in [2.75, 3.05) is 6.26 Å². The SMILES string of the molecule is CCc1ccc(-n2cnnc2CS(C)(=O)=O)cc1. The van der Waals surface area contributed by atoms with E-state index in [2.05, 4.69) is 17.1 Å². The maximum Gasteiger partial charge on any atom is 0.154 e. The van der Waals surface area contributed by atoms with Crippen LogP contribution in [-0.2, 0) is 22.0 Å². The summed E-state index contributed by atoms with van der Waals surface area (Å²) >= 11 is 0. The van der Waals surface area contributed by atoms with Gasteiger partial charge in [-0.1, -0.05) is 19.1 Å².